The smallest absolute Gasteiger partial charge is 0.180 e. The molecule has 1 N–H and O–H groups in total. The van der Waals surface area contributed by atoms with Gasteiger partial charge < -0.3 is 14.8 Å². The van der Waals surface area contributed by atoms with Crippen molar-refractivity contribution in [2.24, 2.45) is 0 Å². The summed E-state index contributed by atoms with van der Waals surface area (Å²) < 4.78 is 10.9. The molecule has 116 valence electrons. The lowest BCUT2D eigenvalue weighted by atomic mass is 10.2. The molecule has 0 saturated carbocycles. The van der Waals surface area contributed by atoms with E-state index in [0.717, 1.165) is 12.1 Å². The molecule has 1 aromatic carbocycles. The van der Waals surface area contributed by atoms with Crippen LogP contribution in [0.1, 0.15) is 11.1 Å². The summed E-state index contributed by atoms with van der Waals surface area (Å²) in [5.41, 5.74) is 2.21. The van der Waals surface area contributed by atoms with Crippen LogP contribution in [-0.4, -0.2) is 18.7 Å². The van der Waals surface area contributed by atoms with Gasteiger partial charge in [-0.3, -0.25) is 4.98 Å². The summed E-state index contributed by atoms with van der Waals surface area (Å²) in [6, 6.07) is 7.76. The lowest BCUT2D eigenvalue weighted by molar-refractivity contribution is 0.326. The first-order valence-electron chi connectivity index (χ1n) is 6.94. The average molecular weight is 319 g/mol. The molecule has 0 saturated heterocycles. The van der Waals surface area contributed by atoms with Crippen LogP contribution < -0.4 is 14.8 Å². The molecule has 2 rings (SSSR count). The number of pyridine rings is 1. The highest BCUT2D eigenvalue weighted by atomic mass is 35.5. The molecule has 5 heteroatoms. The third kappa shape index (κ3) is 4.48. The molecular weight excluding hydrogens is 300 g/mol. The van der Waals surface area contributed by atoms with Crippen LogP contribution >= 0.6 is 11.6 Å². The maximum atomic E-state index is 6.27. The largest absolute Gasteiger partial charge is 0.493 e. The van der Waals surface area contributed by atoms with E-state index in [9.17, 15) is 0 Å². The van der Waals surface area contributed by atoms with Crippen LogP contribution in [0, 0.1) is 0 Å². The van der Waals surface area contributed by atoms with Gasteiger partial charge in [0.15, 0.2) is 11.5 Å². The van der Waals surface area contributed by atoms with Gasteiger partial charge in [0.25, 0.3) is 0 Å². The first-order valence-corrected chi connectivity index (χ1v) is 7.32. The molecule has 0 aliphatic carbocycles. The predicted octanol–water partition coefficient (Wildman–Crippen LogP) is 3.60. The number of hydrogen-bond acceptors (Lipinski definition) is 4. The van der Waals surface area contributed by atoms with Gasteiger partial charge in [-0.25, -0.2) is 0 Å². The minimum atomic E-state index is 0.385. The van der Waals surface area contributed by atoms with Crippen molar-refractivity contribution in [3.8, 4) is 11.5 Å². The van der Waals surface area contributed by atoms with E-state index in [4.69, 9.17) is 21.1 Å². The van der Waals surface area contributed by atoms with Crippen molar-refractivity contribution >= 4 is 11.6 Å². The van der Waals surface area contributed by atoms with Crippen LogP contribution in [0.3, 0.4) is 0 Å². The second-order valence-electron chi connectivity index (χ2n) is 4.67. The number of rotatable bonds is 8. The van der Waals surface area contributed by atoms with Gasteiger partial charge in [0.1, 0.15) is 6.61 Å². The zero-order chi connectivity index (χ0) is 15.8. The van der Waals surface area contributed by atoms with E-state index in [1.54, 1.807) is 25.6 Å². The summed E-state index contributed by atoms with van der Waals surface area (Å²) in [7, 11) is 1.60. The molecule has 22 heavy (non-hydrogen) atoms. The highest BCUT2D eigenvalue weighted by Crippen LogP contribution is 2.36. The molecule has 4 nitrogen and oxygen atoms in total. The van der Waals surface area contributed by atoms with E-state index < -0.39 is 0 Å². The standard InChI is InChI=1S/C17H19ClN2O2/c1-3-8-22-17-15(18)9-14(10-16(17)21-2)12-20-11-13-4-6-19-7-5-13/h3-7,9-10,20H,1,8,11-12H2,2H3. The minimum Gasteiger partial charge on any atom is -0.493 e. The number of benzene rings is 1. The highest BCUT2D eigenvalue weighted by molar-refractivity contribution is 6.32. The fourth-order valence-electron chi connectivity index (χ4n) is 2.01. The van der Waals surface area contributed by atoms with E-state index in [-0.39, 0.29) is 0 Å². The molecule has 0 aliphatic rings. The summed E-state index contributed by atoms with van der Waals surface area (Å²) in [6.45, 7) is 5.45. The fraction of sp³-hybridized carbons (Fsp3) is 0.235. The van der Waals surface area contributed by atoms with E-state index in [1.165, 1.54) is 5.56 Å². The molecular formula is C17H19ClN2O2. The number of aromatic nitrogens is 1. The van der Waals surface area contributed by atoms with Gasteiger partial charge in [-0.2, -0.15) is 0 Å². The SMILES string of the molecule is C=CCOc1c(Cl)cc(CNCc2ccncc2)cc1OC. The van der Waals surface area contributed by atoms with Crippen molar-refractivity contribution < 1.29 is 9.47 Å². The molecule has 0 aliphatic heterocycles. The van der Waals surface area contributed by atoms with Crippen molar-refractivity contribution in [2.45, 2.75) is 13.1 Å². The van der Waals surface area contributed by atoms with E-state index in [1.807, 2.05) is 24.3 Å². The molecule has 1 aromatic heterocycles. The summed E-state index contributed by atoms with van der Waals surface area (Å²) in [6.07, 6.45) is 5.23. The zero-order valence-corrected chi connectivity index (χ0v) is 13.3. The van der Waals surface area contributed by atoms with Crippen LogP contribution in [0.4, 0.5) is 0 Å². The Hall–Kier alpha value is -2.04. The molecule has 0 unspecified atom stereocenters. The number of hydrogen-bond donors (Lipinski definition) is 1. The topological polar surface area (TPSA) is 43.4 Å². The Morgan fingerprint density at radius 3 is 2.64 bits per heavy atom. The van der Waals surface area contributed by atoms with Crippen LogP contribution in [0.25, 0.3) is 0 Å². The number of halogens is 1. The molecule has 1 heterocycles. The van der Waals surface area contributed by atoms with Gasteiger partial charge in [-0.05, 0) is 35.4 Å². The highest BCUT2D eigenvalue weighted by Gasteiger charge is 2.11. The fourth-order valence-corrected chi connectivity index (χ4v) is 2.30. The lowest BCUT2D eigenvalue weighted by Crippen LogP contribution is -2.13. The summed E-state index contributed by atoms with van der Waals surface area (Å²) in [5, 5.41) is 3.89. The average Bonchev–Trinajstić information content (AvgIpc) is 2.54. The van der Waals surface area contributed by atoms with E-state index in [0.29, 0.717) is 29.7 Å². The van der Waals surface area contributed by atoms with Gasteiger partial charge in [0.2, 0.25) is 0 Å². The quantitative estimate of drug-likeness (QED) is 0.755. The van der Waals surface area contributed by atoms with Gasteiger partial charge in [-0.1, -0.05) is 24.3 Å². The Bertz CT molecular complexity index is 618. The van der Waals surface area contributed by atoms with Crippen molar-refractivity contribution in [1.29, 1.82) is 0 Å². The Labute approximate surface area is 135 Å². The van der Waals surface area contributed by atoms with Gasteiger partial charge in [0.05, 0.1) is 12.1 Å². The van der Waals surface area contributed by atoms with E-state index >= 15 is 0 Å². The first-order chi connectivity index (χ1) is 10.7. The Kier molecular flexibility index (Phi) is 6.25. The van der Waals surface area contributed by atoms with Gasteiger partial charge >= 0.3 is 0 Å². The van der Waals surface area contributed by atoms with Crippen molar-refractivity contribution in [1.82, 2.24) is 10.3 Å². The normalized spacial score (nSPS) is 10.3. The summed E-state index contributed by atoms with van der Waals surface area (Å²) >= 11 is 6.27. The maximum absolute atomic E-state index is 6.27. The van der Waals surface area contributed by atoms with Crippen LogP contribution in [-0.2, 0) is 13.1 Å². The predicted molar refractivity (Wildman–Crippen MR) is 88.5 cm³/mol. The molecule has 0 bridgehead atoms. The first kappa shape index (κ1) is 16.3. The molecule has 0 radical (unpaired) electrons. The zero-order valence-electron chi connectivity index (χ0n) is 12.5. The number of methoxy groups -OCH3 is 1. The maximum Gasteiger partial charge on any atom is 0.180 e. The van der Waals surface area contributed by atoms with Crippen LogP contribution in [0.5, 0.6) is 11.5 Å². The van der Waals surface area contributed by atoms with Crippen molar-refractivity contribution in [2.75, 3.05) is 13.7 Å². The van der Waals surface area contributed by atoms with Crippen LogP contribution in [0.15, 0.2) is 49.3 Å². The number of ether oxygens (including phenoxy) is 2. The second-order valence-corrected chi connectivity index (χ2v) is 5.07. The molecule has 0 atom stereocenters. The molecule has 2 aromatic rings. The minimum absolute atomic E-state index is 0.385. The molecule has 0 fully saturated rings. The second kappa shape index (κ2) is 8.41. The monoisotopic (exact) mass is 318 g/mol. The third-order valence-corrected chi connectivity index (χ3v) is 3.32. The summed E-state index contributed by atoms with van der Waals surface area (Å²) in [4.78, 5) is 4.00. The Balaban J connectivity index is 2.02. The number of nitrogens with one attached hydrogen (secondary N) is 1. The third-order valence-electron chi connectivity index (χ3n) is 3.04. The van der Waals surface area contributed by atoms with Gasteiger partial charge in [-0.15, -0.1) is 0 Å². The van der Waals surface area contributed by atoms with Crippen molar-refractivity contribution in [3.63, 3.8) is 0 Å². The van der Waals surface area contributed by atoms with Gasteiger partial charge in [0, 0.05) is 25.5 Å². The summed E-state index contributed by atoms with van der Waals surface area (Å²) in [5.74, 6) is 1.16. The Morgan fingerprint density at radius 1 is 1.23 bits per heavy atom. The van der Waals surface area contributed by atoms with Crippen LogP contribution in [0.2, 0.25) is 5.02 Å². The lowest BCUT2D eigenvalue weighted by Gasteiger charge is -2.13. The Morgan fingerprint density at radius 2 is 1.95 bits per heavy atom. The molecule has 0 amide bonds. The molecule has 0 spiro atoms. The number of nitrogens with zero attached hydrogens (tertiary/aromatic N) is 1. The van der Waals surface area contributed by atoms with Crippen molar-refractivity contribution in [3.05, 3.63) is 65.5 Å². The van der Waals surface area contributed by atoms with E-state index in [2.05, 4.69) is 16.9 Å².